The van der Waals surface area contributed by atoms with Crippen molar-refractivity contribution < 1.29 is 9.63 Å². The van der Waals surface area contributed by atoms with Crippen LogP contribution in [0.15, 0.2) is 59.9 Å². The molecule has 0 unspecified atom stereocenters. The summed E-state index contributed by atoms with van der Waals surface area (Å²) in [6.45, 7) is 2.22. The molecule has 0 amide bonds. The summed E-state index contributed by atoms with van der Waals surface area (Å²) in [6, 6.07) is 16.5. The Balaban J connectivity index is 2.13. The van der Waals surface area contributed by atoms with Gasteiger partial charge in [-0.2, -0.15) is 0 Å². The van der Waals surface area contributed by atoms with Crippen LogP contribution in [0.3, 0.4) is 0 Å². The van der Waals surface area contributed by atoms with Crippen LogP contribution in [0.25, 0.3) is 17.2 Å². The van der Waals surface area contributed by atoms with Crippen molar-refractivity contribution >= 4 is 12.0 Å². The number of benzene rings is 2. The van der Waals surface area contributed by atoms with Crippen molar-refractivity contribution in [3.05, 3.63) is 70.6 Å². The lowest BCUT2D eigenvalue weighted by Crippen LogP contribution is -1.95. The van der Waals surface area contributed by atoms with Gasteiger partial charge in [0.15, 0.2) is 5.34 Å². The van der Waals surface area contributed by atoms with Gasteiger partial charge in [-0.05, 0) is 41.2 Å². The van der Waals surface area contributed by atoms with Gasteiger partial charge in [-0.3, -0.25) is 4.84 Å². The molecule has 0 saturated heterocycles. The first-order valence-electron chi connectivity index (χ1n) is 9.64. The lowest BCUT2D eigenvalue weighted by molar-refractivity contribution is -0.137. The Morgan fingerprint density at radius 2 is 1.70 bits per heavy atom. The Morgan fingerprint density at radius 1 is 0.963 bits per heavy atom. The first kappa shape index (κ1) is 20.6. The highest BCUT2D eigenvalue weighted by Gasteiger charge is 2.05. The zero-order valence-corrected chi connectivity index (χ0v) is 15.9. The van der Waals surface area contributed by atoms with E-state index in [-0.39, 0.29) is 0 Å². The fourth-order valence-electron chi connectivity index (χ4n) is 3.12. The Bertz CT molecular complexity index is 753. The lowest BCUT2D eigenvalue weighted by atomic mass is 9.95. The summed E-state index contributed by atoms with van der Waals surface area (Å²) in [4.78, 5) is 25.5. The molecule has 0 radical (unpaired) electrons. The second-order valence-electron chi connectivity index (χ2n) is 6.62. The number of carbonyl (C=O) groups is 1. The third-order valence-electron chi connectivity index (χ3n) is 4.58. The number of hydrogen-bond acceptors (Lipinski definition) is 4. The minimum absolute atomic E-state index is 0.761. The zero-order valence-electron chi connectivity index (χ0n) is 15.9. The van der Waals surface area contributed by atoms with Gasteiger partial charge in [-0.1, -0.05) is 87.6 Å². The fourth-order valence-corrected chi connectivity index (χ4v) is 3.12. The van der Waals surface area contributed by atoms with Crippen LogP contribution in [-0.4, -0.2) is 5.97 Å². The van der Waals surface area contributed by atoms with Crippen molar-refractivity contribution in [1.29, 1.82) is 0 Å². The molecule has 2 aromatic carbocycles. The Hall–Kier alpha value is -2.75. The Kier molecular flexibility index (Phi) is 8.98. The molecule has 0 spiro atoms. The number of unbranched alkanes of at least 4 members (excludes halogenated alkanes) is 5. The fraction of sp³-hybridized carbons (Fsp3) is 0.348. The van der Waals surface area contributed by atoms with Gasteiger partial charge in [-0.15, -0.1) is 4.91 Å². The van der Waals surface area contributed by atoms with E-state index < -0.39 is 5.97 Å². The van der Waals surface area contributed by atoms with Crippen LogP contribution in [0.1, 0.15) is 56.6 Å². The summed E-state index contributed by atoms with van der Waals surface area (Å²) in [7, 11) is 0. The molecule has 0 bridgehead atoms. The summed E-state index contributed by atoms with van der Waals surface area (Å²) in [5.74, 6) is -0.761. The molecular formula is C23H27NO3. The van der Waals surface area contributed by atoms with Gasteiger partial charge in [0.1, 0.15) is 0 Å². The van der Waals surface area contributed by atoms with Gasteiger partial charge in [0.2, 0.25) is 0 Å². The van der Waals surface area contributed by atoms with Crippen molar-refractivity contribution in [1.82, 2.24) is 0 Å². The smallest absolute Gasteiger partial charge is 0.280 e. The predicted molar refractivity (Wildman–Crippen MR) is 110 cm³/mol. The van der Waals surface area contributed by atoms with Crippen LogP contribution in [-0.2, 0) is 16.1 Å². The molecule has 0 fully saturated rings. The molecule has 0 aliphatic heterocycles. The molecule has 2 aromatic rings. The summed E-state index contributed by atoms with van der Waals surface area (Å²) >= 11 is 0. The molecule has 142 valence electrons. The molecule has 0 aliphatic carbocycles. The van der Waals surface area contributed by atoms with Crippen molar-refractivity contribution in [3.8, 4) is 11.1 Å². The molecule has 0 N–H and O–H groups in total. The second kappa shape index (κ2) is 11.8. The highest BCUT2D eigenvalue weighted by Crippen LogP contribution is 2.25. The van der Waals surface area contributed by atoms with Crippen LogP contribution in [0.4, 0.5) is 0 Å². The number of carbonyl (C=O) groups excluding carboxylic acids is 1. The van der Waals surface area contributed by atoms with Crippen LogP contribution in [0.5, 0.6) is 0 Å². The number of rotatable bonds is 11. The van der Waals surface area contributed by atoms with Gasteiger partial charge in [-0.25, -0.2) is 4.79 Å². The van der Waals surface area contributed by atoms with E-state index in [0.29, 0.717) is 0 Å². The molecule has 27 heavy (non-hydrogen) atoms. The van der Waals surface area contributed by atoms with Gasteiger partial charge in [0.25, 0.3) is 0 Å². The van der Waals surface area contributed by atoms with Crippen LogP contribution in [0.2, 0.25) is 0 Å². The third kappa shape index (κ3) is 7.18. The van der Waals surface area contributed by atoms with Crippen molar-refractivity contribution in [2.45, 2.75) is 51.9 Å². The molecule has 0 aromatic heterocycles. The summed E-state index contributed by atoms with van der Waals surface area (Å²) < 4.78 is 0. The molecule has 0 aliphatic rings. The van der Waals surface area contributed by atoms with Crippen LogP contribution >= 0.6 is 0 Å². The lowest BCUT2D eigenvalue weighted by Gasteiger charge is -2.10. The van der Waals surface area contributed by atoms with Crippen LogP contribution < -0.4 is 0 Å². The van der Waals surface area contributed by atoms with E-state index in [1.807, 2.05) is 30.3 Å². The minimum Gasteiger partial charge on any atom is -0.280 e. The zero-order chi connectivity index (χ0) is 19.3. The molecule has 4 nitrogen and oxygen atoms in total. The van der Waals surface area contributed by atoms with Crippen molar-refractivity contribution in [2.75, 3.05) is 0 Å². The van der Waals surface area contributed by atoms with Gasteiger partial charge < -0.3 is 0 Å². The molecule has 0 atom stereocenters. The Labute approximate surface area is 161 Å². The highest BCUT2D eigenvalue weighted by atomic mass is 16.7. The largest absolute Gasteiger partial charge is 0.362 e. The second-order valence-corrected chi connectivity index (χ2v) is 6.62. The van der Waals surface area contributed by atoms with E-state index in [0.717, 1.165) is 24.0 Å². The molecular weight excluding hydrogens is 338 g/mol. The van der Waals surface area contributed by atoms with Crippen molar-refractivity contribution in [3.63, 3.8) is 0 Å². The monoisotopic (exact) mass is 365 g/mol. The SMILES string of the molecule is CCCCCCCCc1cc(-c2ccccc2)ccc1/C=C/C(=O)ON=O. The Morgan fingerprint density at radius 3 is 2.44 bits per heavy atom. The molecule has 4 heteroatoms. The standard InChI is InChI=1S/C23H27NO3/c1-2-3-4-5-6-8-13-21-18-22(19-11-9-7-10-12-19)15-14-20(21)16-17-23(25)27-24-26/h7,9-12,14-18H,2-6,8,13H2,1H3/b17-16+. The maximum absolute atomic E-state index is 11.4. The van der Waals surface area contributed by atoms with Crippen LogP contribution in [0, 0.1) is 4.91 Å². The first-order chi connectivity index (χ1) is 13.2. The van der Waals surface area contributed by atoms with Crippen molar-refractivity contribution in [2.24, 2.45) is 5.34 Å². The molecule has 0 heterocycles. The maximum atomic E-state index is 11.4. The number of nitrogens with zero attached hydrogens (tertiary/aromatic N) is 1. The minimum atomic E-state index is -0.761. The summed E-state index contributed by atoms with van der Waals surface area (Å²) in [5, 5.41) is 2.16. The first-order valence-corrected chi connectivity index (χ1v) is 9.64. The van der Waals surface area contributed by atoms with Gasteiger partial charge >= 0.3 is 5.97 Å². The van der Waals surface area contributed by atoms with E-state index in [2.05, 4.69) is 35.3 Å². The number of hydrogen-bond donors (Lipinski definition) is 0. The topological polar surface area (TPSA) is 55.7 Å². The molecule has 2 rings (SSSR count). The van der Waals surface area contributed by atoms with E-state index in [4.69, 9.17) is 0 Å². The van der Waals surface area contributed by atoms with E-state index in [9.17, 15) is 9.70 Å². The maximum Gasteiger partial charge on any atom is 0.362 e. The van der Waals surface area contributed by atoms with E-state index in [1.165, 1.54) is 49.3 Å². The predicted octanol–water partition coefficient (Wildman–Crippen LogP) is 6.49. The van der Waals surface area contributed by atoms with Gasteiger partial charge in [0.05, 0.1) is 0 Å². The number of aryl methyl sites for hydroxylation is 1. The average Bonchev–Trinajstić information content (AvgIpc) is 2.70. The third-order valence-corrected chi connectivity index (χ3v) is 4.58. The van der Waals surface area contributed by atoms with E-state index in [1.54, 1.807) is 6.08 Å². The summed E-state index contributed by atoms with van der Waals surface area (Å²) in [6.07, 6.45) is 11.3. The van der Waals surface area contributed by atoms with E-state index >= 15 is 0 Å². The van der Waals surface area contributed by atoms with Gasteiger partial charge in [0, 0.05) is 6.08 Å². The molecule has 0 saturated carbocycles. The highest BCUT2D eigenvalue weighted by molar-refractivity contribution is 5.87. The quantitative estimate of drug-likeness (QED) is 0.198. The normalized spacial score (nSPS) is 10.9. The summed E-state index contributed by atoms with van der Waals surface area (Å²) in [5.41, 5.74) is 4.48. The average molecular weight is 365 g/mol.